The smallest absolute Gasteiger partial charge is 0.170 e. The van der Waals surface area contributed by atoms with Crippen molar-refractivity contribution >= 4 is 27.4 Å². The van der Waals surface area contributed by atoms with Crippen LogP contribution in [0.1, 0.15) is 35.6 Å². The van der Waals surface area contributed by atoms with Gasteiger partial charge in [0.1, 0.15) is 0 Å². The Bertz CT molecular complexity index is 634. The minimum absolute atomic E-state index is 0.0206. The third-order valence-electron chi connectivity index (χ3n) is 3.23. The van der Waals surface area contributed by atoms with Gasteiger partial charge in [0.05, 0.1) is 12.1 Å². The number of hydrogen-bond donors (Lipinski definition) is 1. The molecule has 0 radical (unpaired) electrons. The zero-order valence-corrected chi connectivity index (χ0v) is 13.3. The number of nitrogens with two attached hydrogens (primary N) is 1. The summed E-state index contributed by atoms with van der Waals surface area (Å²) < 4.78 is 2.75. The molecule has 4 nitrogen and oxygen atoms in total. The number of benzene rings is 1. The summed E-state index contributed by atoms with van der Waals surface area (Å²) in [6.45, 7) is 4.84. The van der Waals surface area contributed by atoms with Crippen molar-refractivity contribution in [1.29, 1.82) is 0 Å². The molecule has 2 N–H and O–H groups in total. The number of halogens is 1. The largest absolute Gasteiger partial charge is 0.398 e. The maximum Gasteiger partial charge on any atom is 0.170 e. The molecule has 0 spiro atoms. The predicted octanol–water partition coefficient (Wildman–Crippen LogP) is 3.24. The van der Waals surface area contributed by atoms with Crippen molar-refractivity contribution in [1.82, 2.24) is 9.78 Å². The van der Waals surface area contributed by atoms with E-state index in [4.69, 9.17) is 5.73 Å². The maximum absolute atomic E-state index is 12.4. The van der Waals surface area contributed by atoms with Gasteiger partial charge in [-0.05, 0) is 37.6 Å². The number of ketones is 1. The van der Waals surface area contributed by atoms with E-state index >= 15 is 0 Å². The highest BCUT2D eigenvalue weighted by Gasteiger charge is 2.14. The normalized spacial score (nSPS) is 10.8. The highest BCUT2D eigenvalue weighted by atomic mass is 79.9. The molecule has 5 heteroatoms. The van der Waals surface area contributed by atoms with Gasteiger partial charge in [0.15, 0.2) is 5.78 Å². The first-order chi connectivity index (χ1) is 9.55. The molecule has 0 bridgehead atoms. The number of aryl methyl sites for hydroxylation is 2. The lowest BCUT2D eigenvalue weighted by atomic mass is 10.0. The number of carbonyl (C=O) groups is 1. The molecule has 1 heterocycles. The predicted molar refractivity (Wildman–Crippen MR) is 83.9 cm³/mol. The minimum atomic E-state index is 0.0206. The van der Waals surface area contributed by atoms with Crippen molar-refractivity contribution in [3.05, 3.63) is 45.7 Å². The fraction of sp³-hybridized carbons (Fsp3) is 0.333. The summed E-state index contributed by atoms with van der Waals surface area (Å²) >= 11 is 3.34. The van der Waals surface area contributed by atoms with E-state index in [1.807, 2.05) is 23.7 Å². The minimum Gasteiger partial charge on any atom is -0.398 e. The van der Waals surface area contributed by atoms with E-state index < -0.39 is 0 Å². The molecule has 1 aromatic heterocycles. The van der Waals surface area contributed by atoms with Crippen molar-refractivity contribution in [3.8, 4) is 0 Å². The average Bonchev–Trinajstić information content (AvgIpc) is 2.80. The van der Waals surface area contributed by atoms with Gasteiger partial charge in [-0.25, -0.2) is 0 Å². The number of carbonyl (C=O) groups excluding carboxylic acids is 1. The molecule has 0 amide bonds. The van der Waals surface area contributed by atoms with Gasteiger partial charge in [0, 0.05) is 28.0 Å². The second-order valence-electron chi connectivity index (χ2n) is 4.63. The second-order valence-corrected chi connectivity index (χ2v) is 5.54. The van der Waals surface area contributed by atoms with Gasteiger partial charge in [0.25, 0.3) is 0 Å². The Hall–Kier alpha value is -1.62. The molecule has 0 aliphatic rings. The molecule has 0 aliphatic carbocycles. The third-order valence-corrected chi connectivity index (χ3v) is 3.72. The van der Waals surface area contributed by atoms with Crippen LogP contribution >= 0.6 is 15.9 Å². The standard InChI is InChI=1S/C15H18BrN3O/c1-3-11-8-12(19(4-2)18-11)9-15(20)13-6-5-10(16)7-14(13)17/h5-8H,3-4,9,17H2,1-2H3. The summed E-state index contributed by atoms with van der Waals surface area (Å²) in [7, 11) is 0. The third kappa shape index (κ3) is 3.10. The summed E-state index contributed by atoms with van der Waals surface area (Å²) in [6.07, 6.45) is 1.20. The van der Waals surface area contributed by atoms with Crippen LogP contribution in [-0.2, 0) is 19.4 Å². The molecule has 106 valence electrons. The van der Waals surface area contributed by atoms with Crippen LogP contribution in [0.3, 0.4) is 0 Å². The second kappa shape index (κ2) is 6.22. The molecule has 20 heavy (non-hydrogen) atoms. The number of Topliss-reactive ketones (excluding diaryl/α,β-unsaturated/α-hetero) is 1. The number of rotatable bonds is 5. The molecule has 0 saturated heterocycles. The summed E-state index contributed by atoms with van der Waals surface area (Å²) in [5.41, 5.74) is 8.93. The molecule has 0 atom stereocenters. The van der Waals surface area contributed by atoms with Crippen LogP contribution in [0.2, 0.25) is 0 Å². The van der Waals surface area contributed by atoms with Gasteiger partial charge in [-0.1, -0.05) is 22.9 Å². The number of nitrogen functional groups attached to an aromatic ring is 1. The highest BCUT2D eigenvalue weighted by Crippen LogP contribution is 2.20. The van der Waals surface area contributed by atoms with E-state index in [1.54, 1.807) is 12.1 Å². The van der Waals surface area contributed by atoms with Crippen molar-refractivity contribution in [2.45, 2.75) is 33.2 Å². The zero-order chi connectivity index (χ0) is 14.7. The van der Waals surface area contributed by atoms with Crippen LogP contribution in [0.5, 0.6) is 0 Å². The van der Waals surface area contributed by atoms with Crippen LogP contribution < -0.4 is 5.73 Å². The quantitative estimate of drug-likeness (QED) is 0.674. The maximum atomic E-state index is 12.4. The molecule has 0 fully saturated rings. The van der Waals surface area contributed by atoms with Crippen LogP contribution in [0.15, 0.2) is 28.7 Å². The van der Waals surface area contributed by atoms with Crippen molar-refractivity contribution in [2.24, 2.45) is 0 Å². The Balaban J connectivity index is 2.25. The number of nitrogens with zero attached hydrogens (tertiary/aromatic N) is 2. The fourth-order valence-corrected chi connectivity index (χ4v) is 2.53. The summed E-state index contributed by atoms with van der Waals surface area (Å²) in [6, 6.07) is 7.34. The molecule has 2 aromatic rings. The fourth-order valence-electron chi connectivity index (χ4n) is 2.15. The topological polar surface area (TPSA) is 60.9 Å². The molecule has 0 saturated carbocycles. The lowest BCUT2D eigenvalue weighted by Gasteiger charge is -2.07. The van der Waals surface area contributed by atoms with Crippen LogP contribution in [0.25, 0.3) is 0 Å². The Labute approximate surface area is 127 Å². The molecular weight excluding hydrogens is 318 g/mol. The van der Waals surface area contributed by atoms with Gasteiger partial charge in [-0.15, -0.1) is 0 Å². The molecule has 0 unspecified atom stereocenters. The van der Waals surface area contributed by atoms with E-state index in [-0.39, 0.29) is 5.78 Å². The first kappa shape index (κ1) is 14.8. The van der Waals surface area contributed by atoms with Crippen LogP contribution in [0, 0.1) is 0 Å². The average molecular weight is 336 g/mol. The van der Waals surface area contributed by atoms with Gasteiger partial charge < -0.3 is 5.73 Å². The number of anilines is 1. The summed E-state index contributed by atoms with van der Waals surface area (Å²) in [5.74, 6) is 0.0206. The summed E-state index contributed by atoms with van der Waals surface area (Å²) in [4.78, 5) is 12.4. The van der Waals surface area contributed by atoms with Crippen molar-refractivity contribution in [2.75, 3.05) is 5.73 Å². The monoisotopic (exact) mass is 335 g/mol. The van der Waals surface area contributed by atoms with Gasteiger partial charge >= 0.3 is 0 Å². The number of aromatic nitrogens is 2. The Morgan fingerprint density at radius 3 is 2.70 bits per heavy atom. The number of hydrogen-bond acceptors (Lipinski definition) is 3. The van der Waals surface area contributed by atoms with E-state index in [1.165, 1.54) is 0 Å². The van der Waals surface area contributed by atoms with E-state index in [2.05, 4.69) is 28.0 Å². The Morgan fingerprint density at radius 2 is 2.10 bits per heavy atom. The van der Waals surface area contributed by atoms with Crippen LogP contribution in [-0.4, -0.2) is 15.6 Å². The summed E-state index contributed by atoms with van der Waals surface area (Å²) in [5, 5.41) is 4.46. The molecule has 1 aromatic carbocycles. The van der Waals surface area contributed by atoms with Crippen molar-refractivity contribution < 1.29 is 4.79 Å². The van der Waals surface area contributed by atoms with E-state index in [0.29, 0.717) is 17.7 Å². The van der Waals surface area contributed by atoms with Crippen molar-refractivity contribution in [3.63, 3.8) is 0 Å². The molecule has 2 rings (SSSR count). The van der Waals surface area contributed by atoms with E-state index in [0.717, 1.165) is 28.8 Å². The Kier molecular flexibility index (Phi) is 4.60. The highest BCUT2D eigenvalue weighted by molar-refractivity contribution is 9.10. The Morgan fingerprint density at radius 1 is 1.35 bits per heavy atom. The van der Waals surface area contributed by atoms with Crippen LogP contribution in [0.4, 0.5) is 5.69 Å². The van der Waals surface area contributed by atoms with Gasteiger partial charge in [0.2, 0.25) is 0 Å². The lowest BCUT2D eigenvalue weighted by Crippen LogP contribution is -2.11. The van der Waals surface area contributed by atoms with Gasteiger partial charge in [-0.3, -0.25) is 9.48 Å². The zero-order valence-electron chi connectivity index (χ0n) is 11.7. The molecule has 0 aliphatic heterocycles. The first-order valence-corrected chi connectivity index (χ1v) is 7.48. The lowest BCUT2D eigenvalue weighted by molar-refractivity contribution is 0.0991. The van der Waals surface area contributed by atoms with Gasteiger partial charge in [-0.2, -0.15) is 5.10 Å². The van der Waals surface area contributed by atoms with E-state index in [9.17, 15) is 4.79 Å². The SMILES string of the molecule is CCc1cc(CC(=O)c2ccc(Br)cc2N)n(CC)n1. The first-order valence-electron chi connectivity index (χ1n) is 6.69. The molecular formula is C15H18BrN3O.